The summed E-state index contributed by atoms with van der Waals surface area (Å²) in [7, 11) is -4.17. The van der Waals surface area contributed by atoms with Crippen LogP contribution >= 0.6 is 0 Å². The molecule has 0 spiro atoms. The van der Waals surface area contributed by atoms with Gasteiger partial charge in [-0.05, 0) is 0 Å². The van der Waals surface area contributed by atoms with Gasteiger partial charge < -0.3 is 0 Å². The number of nitrogens with two attached hydrogens (primary N) is 1. The molecule has 0 saturated carbocycles. The van der Waals surface area contributed by atoms with Crippen molar-refractivity contribution < 1.29 is 42.5 Å². The minimum atomic E-state index is -5.25. The first kappa shape index (κ1) is 12.6. The van der Waals surface area contributed by atoms with Crippen molar-refractivity contribution in [3.8, 4) is 0 Å². The SMILES string of the molecule is NS(=O)(=O)O.[O]=[Cr](=[O])([OH])[OH]. The molecular formula is H5CrNO7S. The van der Waals surface area contributed by atoms with Crippen molar-refractivity contribution in [2.75, 3.05) is 0 Å². The van der Waals surface area contributed by atoms with Gasteiger partial charge in [0.05, 0.1) is 0 Å². The average molecular weight is 215 g/mol. The second-order valence-corrected chi connectivity index (χ2v) is 3.39. The Morgan fingerprint density at radius 3 is 1.20 bits per heavy atom. The minimum absolute atomic E-state index is 3.88. The van der Waals surface area contributed by atoms with E-state index in [0.29, 0.717) is 0 Å². The Morgan fingerprint density at radius 2 is 1.20 bits per heavy atom. The van der Waals surface area contributed by atoms with Crippen LogP contribution in [0, 0.1) is 0 Å². The third kappa shape index (κ3) is 63200. The van der Waals surface area contributed by atoms with Crippen molar-refractivity contribution >= 4 is 10.3 Å². The van der Waals surface area contributed by atoms with Gasteiger partial charge in [-0.2, -0.15) is 8.42 Å². The van der Waals surface area contributed by atoms with E-state index in [0.717, 1.165) is 0 Å². The van der Waals surface area contributed by atoms with Crippen LogP contribution in [0.1, 0.15) is 0 Å². The Balaban J connectivity index is 0. The van der Waals surface area contributed by atoms with Crippen LogP contribution in [0.3, 0.4) is 0 Å². The van der Waals surface area contributed by atoms with Gasteiger partial charge in [-0.3, -0.25) is 4.55 Å². The van der Waals surface area contributed by atoms with E-state index in [1.54, 1.807) is 0 Å². The molecule has 0 aliphatic heterocycles. The van der Waals surface area contributed by atoms with Gasteiger partial charge in [0.1, 0.15) is 0 Å². The van der Waals surface area contributed by atoms with Crippen LogP contribution in [-0.2, 0) is 31.5 Å². The predicted molar refractivity (Wildman–Crippen MR) is 21.5 cm³/mol. The van der Waals surface area contributed by atoms with Crippen LogP contribution in [0.25, 0.3) is 0 Å². The molecule has 0 aromatic rings. The van der Waals surface area contributed by atoms with Crippen molar-refractivity contribution in [2.45, 2.75) is 0 Å². The van der Waals surface area contributed by atoms with Crippen LogP contribution in [0.5, 0.6) is 0 Å². The summed E-state index contributed by atoms with van der Waals surface area (Å²) in [5, 5.41) is 3.88. The molecule has 5 N–H and O–H groups in total. The summed E-state index contributed by atoms with van der Waals surface area (Å²) in [6, 6.07) is 0. The molecule has 0 saturated heterocycles. The maximum absolute atomic E-state index is 8.97. The molecule has 8 nitrogen and oxygen atoms in total. The van der Waals surface area contributed by atoms with Crippen LogP contribution in [0.2, 0.25) is 0 Å². The van der Waals surface area contributed by atoms with E-state index in [1.165, 1.54) is 0 Å². The molecule has 0 aromatic heterocycles. The standard InChI is InChI=1S/Cr.H3NO3S.2H2O.2O/c;1-5(2,3)4;;;;/h;(H3,1,2,3,4);2*1H2;;/q+2;;;;;/p-2. The quantitative estimate of drug-likeness (QED) is 0.322. The van der Waals surface area contributed by atoms with Gasteiger partial charge in [-0.15, -0.1) is 0 Å². The van der Waals surface area contributed by atoms with Crippen molar-refractivity contribution in [2.24, 2.45) is 5.14 Å². The molecule has 0 aliphatic carbocycles. The third-order valence-corrected chi connectivity index (χ3v) is 0. The molecule has 0 aromatic carbocycles. The molecule has 0 fully saturated rings. The van der Waals surface area contributed by atoms with E-state index < -0.39 is 23.9 Å². The second kappa shape index (κ2) is 3.94. The Bertz CT molecular complexity index is 210. The van der Waals surface area contributed by atoms with E-state index in [1.807, 2.05) is 0 Å². The van der Waals surface area contributed by atoms with Crippen molar-refractivity contribution in [1.29, 1.82) is 0 Å². The van der Waals surface area contributed by atoms with Gasteiger partial charge in [0.25, 0.3) is 0 Å². The molecule has 0 radical (unpaired) electrons. The fourth-order valence-corrected chi connectivity index (χ4v) is 0. The first-order valence-corrected chi connectivity index (χ1v) is 5.13. The Kier molecular flexibility index (Phi) is 4.96. The Labute approximate surface area is 58.5 Å². The molecule has 0 heterocycles. The molecule has 0 bridgehead atoms. The van der Waals surface area contributed by atoms with Crippen molar-refractivity contribution in [3.05, 3.63) is 0 Å². The third-order valence-electron chi connectivity index (χ3n) is 0. The van der Waals surface area contributed by atoms with E-state index in [4.69, 9.17) is 28.9 Å². The topological polar surface area (TPSA) is 155 Å². The van der Waals surface area contributed by atoms with Crippen LogP contribution in [0.15, 0.2) is 0 Å². The maximum atomic E-state index is 8.97. The molecule has 10 heavy (non-hydrogen) atoms. The summed E-state index contributed by atoms with van der Waals surface area (Å²) in [4.78, 5) is 0. The Hall–Kier alpha value is -0.0775. The molecule has 10 heteroatoms. The fourth-order valence-electron chi connectivity index (χ4n) is 0. The van der Waals surface area contributed by atoms with Crippen molar-refractivity contribution in [1.82, 2.24) is 0 Å². The zero-order valence-corrected chi connectivity index (χ0v) is 6.46. The molecule has 0 unspecified atom stereocenters. The summed E-state index contributed by atoms with van der Waals surface area (Å²) >= 11 is -5.25. The molecule has 0 amide bonds. The number of rotatable bonds is 0. The van der Waals surface area contributed by atoms with Crippen LogP contribution in [0.4, 0.5) is 0 Å². The van der Waals surface area contributed by atoms with Gasteiger partial charge in [0.15, 0.2) is 0 Å². The predicted octanol–water partition coefficient (Wildman–Crippen LogP) is -2.61. The van der Waals surface area contributed by atoms with E-state index in [-0.39, 0.29) is 0 Å². The molecule has 0 aliphatic rings. The first-order chi connectivity index (χ1) is 4.00. The Morgan fingerprint density at radius 1 is 1.20 bits per heavy atom. The average Bonchev–Trinajstić information content (AvgIpc) is 1.12. The van der Waals surface area contributed by atoms with Crippen LogP contribution < -0.4 is 5.14 Å². The zero-order chi connectivity index (χ0) is 9.00. The fraction of sp³-hybridized carbons (Fsp3) is 0. The monoisotopic (exact) mass is 215 g/mol. The van der Waals surface area contributed by atoms with Gasteiger partial charge in [-0.1, -0.05) is 0 Å². The summed E-state index contributed by atoms with van der Waals surface area (Å²) in [6.07, 6.45) is 0. The normalized spacial score (nSPS) is 11.6. The zero-order valence-electron chi connectivity index (χ0n) is 4.37. The number of hydrogen-bond donors (Lipinski definition) is 4. The summed E-state index contributed by atoms with van der Waals surface area (Å²) < 4.78 is 57.1. The molecule has 0 rings (SSSR count). The van der Waals surface area contributed by atoms with Crippen LogP contribution in [-0.4, -0.2) is 21.3 Å². The first-order valence-electron chi connectivity index (χ1n) is 1.45. The molecule has 0 atom stereocenters. The summed E-state index contributed by atoms with van der Waals surface area (Å²) in [6.45, 7) is 0. The van der Waals surface area contributed by atoms with E-state index >= 15 is 0 Å². The van der Waals surface area contributed by atoms with E-state index in [9.17, 15) is 0 Å². The van der Waals surface area contributed by atoms with Gasteiger partial charge in [0, 0.05) is 0 Å². The van der Waals surface area contributed by atoms with E-state index in [2.05, 4.69) is 5.14 Å². The number of hydrogen-bond acceptors (Lipinski definition) is 4. The van der Waals surface area contributed by atoms with Gasteiger partial charge >= 0.3 is 39.8 Å². The van der Waals surface area contributed by atoms with Crippen molar-refractivity contribution in [3.63, 3.8) is 0 Å². The van der Waals surface area contributed by atoms with Gasteiger partial charge in [0.2, 0.25) is 0 Å². The summed E-state index contributed by atoms with van der Waals surface area (Å²) in [5.41, 5.74) is 0. The van der Waals surface area contributed by atoms with Gasteiger partial charge in [-0.25, -0.2) is 5.14 Å². The molecular weight excluding hydrogens is 210 g/mol. The second-order valence-electron chi connectivity index (χ2n) is 0.963. The summed E-state index contributed by atoms with van der Waals surface area (Å²) in [5.74, 6) is 0. The molecule has 64 valence electrons.